The lowest BCUT2D eigenvalue weighted by Gasteiger charge is -2.15. The molecule has 21 heavy (non-hydrogen) atoms. The Bertz CT molecular complexity index is 360. The predicted octanol–water partition coefficient (Wildman–Crippen LogP) is 5.27. The second kappa shape index (κ2) is 10.7. The summed E-state index contributed by atoms with van der Waals surface area (Å²) in [6.07, 6.45) is 8.33. The van der Waals surface area contributed by atoms with E-state index in [4.69, 9.17) is 10.5 Å². The standard InChI is InChI=1S/C19H33NO/c1-4-6-7-8-15-21-19-13-10-17(11-14-19)16(3)9-12-18(20)5-2/h10-11,13-14,16,18H,4-9,12,15,20H2,1-3H3. The molecule has 0 fully saturated rings. The van der Waals surface area contributed by atoms with E-state index < -0.39 is 0 Å². The molecular formula is C19H33NO. The van der Waals surface area contributed by atoms with Gasteiger partial charge in [0.1, 0.15) is 5.75 Å². The quantitative estimate of drug-likeness (QED) is 0.564. The molecule has 0 aliphatic rings. The summed E-state index contributed by atoms with van der Waals surface area (Å²) in [4.78, 5) is 0. The molecule has 120 valence electrons. The maximum absolute atomic E-state index is 5.99. The van der Waals surface area contributed by atoms with Gasteiger partial charge in [0.25, 0.3) is 0 Å². The molecule has 2 atom stereocenters. The van der Waals surface area contributed by atoms with E-state index in [1.807, 2.05) is 0 Å². The average Bonchev–Trinajstić information content (AvgIpc) is 2.52. The van der Waals surface area contributed by atoms with E-state index in [0.717, 1.165) is 38.0 Å². The Balaban J connectivity index is 2.32. The summed E-state index contributed by atoms with van der Waals surface area (Å²) < 4.78 is 5.78. The van der Waals surface area contributed by atoms with Gasteiger partial charge >= 0.3 is 0 Å². The lowest BCUT2D eigenvalue weighted by Crippen LogP contribution is -2.18. The van der Waals surface area contributed by atoms with Crippen molar-refractivity contribution in [2.75, 3.05) is 6.61 Å². The highest BCUT2D eigenvalue weighted by atomic mass is 16.5. The molecule has 0 amide bonds. The maximum atomic E-state index is 5.99. The molecule has 0 saturated heterocycles. The van der Waals surface area contributed by atoms with Gasteiger partial charge in [0, 0.05) is 6.04 Å². The highest BCUT2D eigenvalue weighted by Gasteiger charge is 2.08. The second-order valence-electron chi connectivity index (χ2n) is 6.12. The average molecular weight is 291 g/mol. The third kappa shape index (κ3) is 7.52. The third-order valence-electron chi connectivity index (χ3n) is 4.21. The summed E-state index contributed by atoms with van der Waals surface area (Å²) in [6, 6.07) is 8.95. The molecule has 2 unspecified atom stereocenters. The Kier molecular flexibility index (Phi) is 9.16. The van der Waals surface area contributed by atoms with Gasteiger partial charge in [0.2, 0.25) is 0 Å². The van der Waals surface area contributed by atoms with E-state index in [9.17, 15) is 0 Å². The van der Waals surface area contributed by atoms with E-state index >= 15 is 0 Å². The zero-order valence-electron chi connectivity index (χ0n) is 14.1. The Morgan fingerprint density at radius 1 is 1.00 bits per heavy atom. The molecule has 0 spiro atoms. The third-order valence-corrected chi connectivity index (χ3v) is 4.21. The molecule has 2 heteroatoms. The van der Waals surface area contributed by atoms with Gasteiger partial charge in [-0.15, -0.1) is 0 Å². The largest absolute Gasteiger partial charge is 0.494 e. The van der Waals surface area contributed by atoms with Crippen molar-refractivity contribution in [3.63, 3.8) is 0 Å². The molecule has 1 aromatic carbocycles. The number of ether oxygens (including phenoxy) is 1. The highest BCUT2D eigenvalue weighted by Crippen LogP contribution is 2.24. The summed E-state index contributed by atoms with van der Waals surface area (Å²) in [6.45, 7) is 7.50. The summed E-state index contributed by atoms with van der Waals surface area (Å²) in [7, 11) is 0. The Morgan fingerprint density at radius 3 is 2.33 bits per heavy atom. The van der Waals surface area contributed by atoms with Crippen LogP contribution < -0.4 is 10.5 Å². The minimum Gasteiger partial charge on any atom is -0.494 e. The van der Waals surface area contributed by atoms with Crippen LogP contribution >= 0.6 is 0 Å². The normalized spacial score (nSPS) is 13.9. The molecule has 2 N–H and O–H groups in total. The van der Waals surface area contributed by atoms with Crippen molar-refractivity contribution in [1.82, 2.24) is 0 Å². The van der Waals surface area contributed by atoms with Crippen molar-refractivity contribution in [3.8, 4) is 5.75 Å². The molecule has 2 nitrogen and oxygen atoms in total. The van der Waals surface area contributed by atoms with E-state index in [2.05, 4.69) is 45.0 Å². The number of nitrogens with two attached hydrogens (primary N) is 1. The second-order valence-corrected chi connectivity index (χ2v) is 6.12. The first-order valence-electron chi connectivity index (χ1n) is 8.65. The first-order valence-corrected chi connectivity index (χ1v) is 8.65. The van der Waals surface area contributed by atoms with Gasteiger partial charge in [0.15, 0.2) is 0 Å². The van der Waals surface area contributed by atoms with E-state index in [-0.39, 0.29) is 0 Å². The molecule has 0 bridgehead atoms. The first kappa shape index (κ1) is 18.0. The van der Waals surface area contributed by atoms with Gasteiger partial charge in [-0.25, -0.2) is 0 Å². The van der Waals surface area contributed by atoms with Crippen molar-refractivity contribution in [2.24, 2.45) is 5.73 Å². The summed E-state index contributed by atoms with van der Waals surface area (Å²) in [5.41, 5.74) is 7.38. The molecule has 0 aliphatic heterocycles. The molecular weight excluding hydrogens is 258 g/mol. The zero-order chi connectivity index (χ0) is 15.5. The number of hydrogen-bond acceptors (Lipinski definition) is 2. The molecule has 0 radical (unpaired) electrons. The van der Waals surface area contributed by atoms with Crippen LogP contribution in [0.25, 0.3) is 0 Å². The minimum atomic E-state index is 0.346. The molecule has 0 aromatic heterocycles. The number of benzene rings is 1. The summed E-state index contributed by atoms with van der Waals surface area (Å²) in [5.74, 6) is 1.56. The van der Waals surface area contributed by atoms with Gasteiger partial charge in [-0.3, -0.25) is 0 Å². The maximum Gasteiger partial charge on any atom is 0.119 e. The van der Waals surface area contributed by atoms with Crippen LogP contribution in [0.15, 0.2) is 24.3 Å². The summed E-state index contributed by atoms with van der Waals surface area (Å²) >= 11 is 0. The lowest BCUT2D eigenvalue weighted by molar-refractivity contribution is 0.305. The van der Waals surface area contributed by atoms with Gasteiger partial charge in [0.05, 0.1) is 6.61 Å². The smallest absolute Gasteiger partial charge is 0.119 e. The van der Waals surface area contributed by atoms with Crippen LogP contribution in [0, 0.1) is 0 Å². The predicted molar refractivity (Wildman–Crippen MR) is 92.0 cm³/mol. The van der Waals surface area contributed by atoms with Crippen molar-refractivity contribution >= 4 is 0 Å². The van der Waals surface area contributed by atoms with E-state index in [1.165, 1.54) is 24.8 Å². The van der Waals surface area contributed by atoms with Crippen LogP contribution in [0.2, 0.25) is 0 Å². The van der Waals surface area contributed by atoms with Gasteiger partial charge < -0.3 is 10.5 Å². The van der Waals surface area contributed by atoms with Crippen molar-refractivity contribution in [3.05, 3.63) is 29.8 Å². The van der Waals surface area contributed by atoms with Crippen molar-refractivity contribution in [1.29, 1.82) is 0 Å². The highest BCUT2D eigenvalue weighted by molar-refractivity contribution is 5.29. The fourth-order valence-corrected chi connectivity index (χ4v) is 2.45. The summed E-state index contributed by atoms with van der Waals surface area (Å²) in [5, 5.41) is 0. The van der Waals surface area contributed by atoms with Crippen LogP contribution in [0.5, 0.6) is 5.75 Å². The molecule has 0 aliphatic carbocycles. The van der Waals surface area contributed by atoms with Crippen LogP contribution in [0.4, 0.5) is 0 Å². The fraction of sp³-hybridized carbons (Fsp3) is 0.684. The Hall–Kier alpha value is -1.02. The fourth-order valence-electron chi connectivity index (χ4n) is 2.45. The monoisotopic (exact) mass is 291 g/mol. The van der Waals surface area contributed by atoms with Gasteiger partial charge in [-0.2, -0.15) is 0 Å². The topological polar surface area (TPSA) is 35.2 Å². The number of rotatable bonds is 11. The zero-order valence-corrected chi connectivity index (χ0v) is 14.1. The number of unbranched alkanes of at least 4 members (excludes halogenated alkanes) is 3. The van der Waals surface area contributed by atoms with Crippen LogP contribution in [-0.4, -0.2) is 12.6 Å². The lowest BCUT2D eigenvalue weighted by atomic mass is 9.94. The Morgan fingerprint density at radius 2 is 1.71 bits per heavy atom. The molecule has 0 saturated carbocycles. The van der Waals surface area contributed by atoms with Crippen molar-refractivity contribution in [2.45, 2.75) is 77.7 Å². The van der Waals surface area contributed by atoms with Gasteiger partial charge in [-0.05, 0) is 49.3 Å². The molecule has 0 heterocycles. The van der Waals surface area contributed by atoms with Crippen LogP contribution in [0.3, 0.4) is 0 Å². The van der Waals surface area contributed by atoms with Gasteiger partial charge in [-0.1, -0.05) is 52.2 Å². The minimum absolute atomic E-state index is 0.346. The molecule has 1 aromatic rings. The number of hydrogen-bond donors (Lipinski definition) is 1. The molecule has 1 rings (SSSR count). The first-order chi connectivity index (χ1) is 10.2. The Labute approximate surface area is 131 Å². The van der Waals surface area contributed by atoms with Crippen LogP contribution in [-0.2, 0) is 0 Å². The van der Waals surface area contributed by atoms with E-state index in [0.29, 0.717) is 12.0 Å². The van der Waals surface area contributed by atoms with E-state index in [1.54, 1.807) is 0 Å². The SMILES string of the molecule is CCCCCCOc1ccc(C(C)CCC(N)CC)cc1. The van der Waals surface area contributed by atoms with Crippen LogP contribution in [0.1, 0.15) is 77.2 Å². The van der Waals surface area contributed by atoms with Crippen molar-refractivity contribution < 1.29 is 4.74 Å².